The van der Waals surface area contributed by atoms with Gasteiger partial charge in [0.25, 0.3) is 0 Å². The quantitative estimate of drug-likeness (QED) is 0.174. The summed E-state index contributed by atoms with van der Waals surface area (Å²) in [5.41, 5.74) is 5.11. The first-order valence-corrected chi connectivity index (χ1v) is 8.89. The van der Waals surface area contributed by atoms with E-state index in [0.29, 0.717) is 47.1 Å². The van der Waals surface area contributed by atoms with Gasteiger partial charge in [0.1, 0.15) is 11.5 Å². The summed E-state index contributed by atoms with van der Waals surface area (Å²) in [6, 6.07) is 7.01. The molecule has 2 aromatic carbocycles. The number of ketones is 1. The van der Waals surface area contributed by atoms with Gasteiger partial charge >= 0.3 is 0 Å². The lowest BCUT2D eigenvalue weighted by Gasteiger charge is -2.26. The SMILES string of the molecule is C=C1c2ccccc2C(=O)c2c(O)c3c(c(O)c21)C[C@@H](C(=O)NN)CCC3. The van der Waals surface area contributed by atoms with Gasteiger partial charge in [0.05, 0.1) is 5.56 Å². The number of fused-ring (bicyclic) bond motifs is 3. The predicted molar refractivity (Wildman–Crippen MR) is 100 cm³/mol. The van der Waals surface area contributed by atoms with Crippen LogP contribution in [0.15, 0.2) is 30.8 Å². The maximum atomic E-state index is 13.0. The van der Waals surface area contributed by atoms with E-state index in [9.17, 15) is 19.8 Å². The molecule has 0 heterocycles. The molecule has 1 amide bonds. The molecule has 5 N–H and O–H groups in total. The van der Waals surface area contributed by atoms with Crippen molar-refractivity contribution in [1.82, 2.24) is 5.43 Å². The van der Waals surface area contributed by atoms with E-state index < -0.39 is 5.92 Å². The Labute approximate surface area is 156 Å². The Morgan fingerprint density at radius 2 is 1.78 bits per heavy atom. The zero-order valence-corrected chi connectivity index (χ0v) is 14.7. The van der Waals surface area contributed by atoms with Gasteiger partial charge in [-0.3, -0.25) is 15.0 Å². The fourth-order valence-corrected chi connectivity index (χ4v) is 4.26. The predicted octanol–water partition coefficient (Wildman–Crippen LogP) is 2.19. The third kappa shape index (κ3) is 2.44. The van der Waals surface area contributed by atoms with E-state index in [1.165, 1.54) is 0 Å². The fraction of sp³-hybridized carbons (Fsp3) is 0.238. The second-order valence-electron chi connectivity index (χ2n) is 7.06. The molecule has 0 aliphatic heterocycles. The van der Waals surface area contributed by atoms with Gasteiger partial charge in [-0.2, -0.15) is 0 Å². The summed E-state index contributed by atoms with van der Waals surface area (Å²) in [5, 5.41) is 22.0. The number of amides is 1. The minimum Gasteiger partial charge on any atom is -0.507 e. The smallest absolute Gasteiger partial charge is 0.237 e. The molecule has 4 rings (SSSR count). The van der Waals surface area contributed by atoms with Crippen LogP contribution in [0.3, 0.4) is 0 Å². The molecular formula is C21H20N2O4. The number of nitrogens with two attached hydrogens (primary N) is 1. The first-order chi connectivity index (χ1) is 13.0. The molecule has 0 bridgehead atoms. The summed E-state index contributed by atoms with van der Waals surface area (Å²) < 4.78 is 0. The number of hydrazine groups is 1. The van der Waals surface area contributed by atoms with Crippen LogP contribution in [0.1, 0.15) is 51.0 Å². The third-order valence-electron chi connectivity index (χ3n) is 5.63. The lowest BCUT2D eigenvalue weighted by molar-refractivity contribution is -0.125. The molecule has 0 spiro atoms. The Balaban J connectivity index is 1.95. The van der Waals surface area contributed by atoms with E-state index >= 15 is 0 Å². The van der Waals surface area contributed by atoms with Crippen LogP contribution in [-0.4, -0.2) is 21.9 Å². The summed E-state index contributed by atoms with van der Waals surface area (Å²) in [5.74, 6) is 4.04. The molecule has 0 fully saturated rings. The number of aromatic hydroxyl groups is 2. The Kier molecular flexibility index (Phi) is 4.00. The van der Waals surface area contributed by atoms with E-state index in [-0.39, 0.29) is 40.7 Å². The largest absolute Gasteiger partial charge is 0.507 e. The highest BCUT2D eigenvalue weighted by Gasteiger charge is 2.36. The van der Waals surface area contributed by atoms with Gasteiger partial charge in [0.2, 0.25) is 5.91 Å². The number of carbonyl (C=O) groups is 2. The van der Waals surface area contributed by atoms with Crippen molar-refractivity contribution in [3.63, 3.8) is 0 Å². The summed E-state index contributed by atoms with van der Waals surface area (Å²) in [6.07, 6.45) is 1.94. The van der Waals surface area contributed by atoms with E-state index in [0.717, 1.165) is 0 Å². The lowest BCUT2D eigenvalue weighted by atomic mass is 9.78. The summed E-state index contributed by atoms with van der Waals surface area (Å²) in [7, 11) is 0. The molecule has 0 aromatic heterocycles. The van der Waals surface area contributed by atoms with Gasteiger partial charge in [0, 0.05) is 28.2 Å². The van der Waals surface area contributed by atoms with Gasteiger partial charge in [0.15, 0.2) is 5.78 Å². The topological polar surface area (TPSA) is 113 Å². The molecule has 27 heavy (non-hydrogen) atoms. The Morgan fingerprint density at radius 1 is 1.11 bits per heavy atom. The van der Waals surface area contributed by atoms with Crippen LogP contribution in [0.25, 0.3) is 5.57 Å². The number of rotatable bonds is 1. The van der Waals surface area contributed by atoms with Gasteiger partial charge in [-0.25, -0.2) is 5.84 Å². The highest BCUT2D eigenvalue weighted by molar-refractivity contribution is 6.21. The van der Waals surface area contributed by atoms with Crippen molar-refractivity contribution in [2.24, 2.45) is 11.8 Å². The highest BCUT2D eigenvalue weighted by atomic mass is 16.3. The molecule has 0 radical (unpaired) electrons. The van der Waals surface area contributed by atoms with Crippen molar-refractivity contribution < 1.29 is 19.8 Å². The second-order valence-corrected chi connectivity index (χ2v) is 7.06. The second kappa shape index (κ2) is 6.25. The van der Waals surface area contributed by atoms with Crippen LogP contribution < -0.4 is 11.3 Å². The number of nitrogens with one attached hydrogen (secondary N) is 1. The zero-order valence-electron chi connectivity index (χ0n) is 14.7. The Morgan fingerprint density at radius 3 is 2.48 bits per heavy atom. The standard InChI is InChI=1S/C21H20N2O4/c1-10-12-6-2-3-7-13(12)18(24)17-16(10)20(26)15-9-11(21(27)23-22)5-4-8-14(15)19(17)25/h2-3,6-7,11,25-26H,1,4-5,8-9,22H2,(H,23,27)/t11-/m0/s1. The number of carbonyl (C=O) groups excluding carboxylic acids is 2. The van der Waals surface area contributed by atoms with E-state index in [4.69, 9.17) is 5.84 Å². The number of phenols is 2. The van der Waals surface area contributed by atoms with Crippen molar-refractivity contribution in [3.05, 3.63) is 64.2 Å². The molecular weight excluding hydrogens is 344 g/mol. The van der Waals surface area contributed by atoms with Crippen LogP contribution in [0.4, 0.5) is 0 Å². The lowest BCUT2D eigenvalue weighted by Crippen LogP contribution is -2.36. The van der Waals surface area contributed by atoms with Gasteiger partial charge in [-0.1, -0.05) is 30.8 Å². The van der Waals surface area contributed by atoms with Crippen molar-refractivity contribution in [3.8, 4) is 11.5 Å². The first-order valence-electron chi connectivity index (χ1n) is 8.89. The van der Waals surface area contributed by atoms with Crippen molar-refractivity contribution in [2.75, 3.05) is 0 Å². The monoisotopic (exact) mass is 364 g/mol. The number of hydrogen-bond donors (Lipinski definition) is 4. The fourth-order valence-electron chi connectivity index (χ4n) is 4.26. The van der Waals surface area contributed by atoms with Crippen molar-refractivity contribution in [1.29, 1.82) is 0 Å². The zero-order chi connectivity index (χ0) is 19.3. The molecule has 2 aromatic rings. The van der Waals surface area contributed by atoms with Gasteiger partial charge < -0.3 is 10.2 Å². The maximum absolute atomic E-state index is 13.0. The highest BCUT2D eigenvalue weighted by Crippen LogP contribution is 2.48. The average molecular weight is 364 g/mol. The summed E-state index contributed by atoms with van der Waals surface area (Å²) >= 11 is 0. The maximum Gasteiger partial charge on any atom is 0.237 e. The normalized spacial score (nSPS) is 18.2. The summed E-state index contributed by atoms with van der Waals surface area (Å²) in [4.78, 5) is 25.1. The van der Waals surface area contributed by atoms with Crippen LogP contribution in [0.5, 0.6) is 11.5 Å². The number of hydrogen-bond acceptors (Lipinski definition) is 5. The Hall–Kier alpha value is -3.12. The molecule has 1 atom stereocenters. The molecule has 2 aliphatic carbocycles. The molecule has 0 saturated heterocycles. The summed E-state index contributed by atoms with van der Waals surface area (Å²) in [6.45, 7) is 4.05. The molecule has 2 aliphatic rings. The number of benzene rings is 2. The van der Waals surface area contributed by atoms with Crippen molar-refractivity contribution in [2.45, 2.75) is 25.7 Å². The van der Waals surface area contributed by atoms with Crippen LogP contribution in [0.2, 0.25) is 0 Å². The minimum absolute atomic E-state index is 0.0811. The molecule has 6 heteroatoms. The Bertz CT molecular complexity index is 1010. The average Bonchev–Trinajstić information content (AvgIpc) is 2.92. The molecule has 138 valence electrons. The van der Waals surface area contributed by atoms with Crippen LogP contribution in [0, 0.1) is 5.92 Å². The van der Waals surface area contributed by atoms with Crippen LogP contribution >= 0.6 is 0 Å². The van der Waals surface area contributed by atoms with Gasteiger partial charge in [-0.15, -0.1) is 0 Å². The van der Waals surface area contributed by atoms with E-state index in [1.807, 2.05) is 0 Å². The number of phenolic OH excluding ortho intramolecular Hbond substituents is 2. The molecule has 6 nitrogen and oxygen atoms in total. The van der Waals surface area contributed by atoms with E-state index in [2.05, 4.69) is 12.0 Å². The molecule has 0 saturated carbocycles. The minimum atomic E-state index is -0.403. The molecule has 0 unspecified atom stereocenters. The van der Waals surface area contributed by atoms with Crippen LogP contribution in [-0.2, 0) is 17.6 Å². The van der Waals surface area contributed by atoms with Gasteiger partial charge in [-0.05, 0) is 36.8 Å². The van der Waals surface area contributed by atoms with E-state index in [1.54, 1.807) is 24.3 Å². The van der Waals surface area contributed by atoms with Crippen molar-refractivity contribution >= 4 is 17.3 Å². The third-order valence-corrected chi connectivity index (χ3v) is 5.63. The first kappa shape index (κ1) is 17.3.